The SMILES string of the molecule is O=C(NCc1[nH]nc2ccccc12)c1ccc(F)cc1. The van der Waals surface area contributed by atoms with E-state index in [2.05, 4.69) is 15.5 Å². The van der Waals surface area contributed by atoms with E-state index in [1.54, 1.807) is 0 Å². The fraction of sp³-hybridized carbons (Fsp3) is 0.0667. The molecule has 0 saturated heterocycles. The van der Waals surface area contributed by atoms with Crippen LogP contribution in [0.25, 0.3) is 10.9 Å². The molecule has 0 aliphatic heterocycles. The zero-order valence-corrected chi connectivity index (χ0v) is 10.6. The number of benzene rings is 2. The number of para-hydroxylation sites is 1. The molecule has 0 fully saturated rings. The third kappa shape index (κ3) is 2.38. The number of fused-ring (bicyclic) bond motifs is 1. The van der Waals surface area contributed by atoms with E-state index in [-0.39, 0.29) is 11.7 Å². The second-order valence-electron chi connectivity index (χ2n) is 4.41. The monoisotopic (exact) mass is 269 g/mol. The highest BCUT2D eigenvalue weighted by Crippen LogP contribution is 2.14. The van der Waals surface area contributed by atoms with Gasteiger partial charge in [0.25, 0.3) is 5.91 Å². The van der Waals surface area contributed by atoms with Crippen molar-refractivity contribution in [1.82, 2.24) is 15.5 Å². The van der Waals surface area contributed by atoms with Gasteiger partial charge in [0.15, 0.2) is 0 Å². The van der Waals surface area contributed by atoms with Crippen molar-refractivity contribution in [1.29, 1.82) is 0 Å². The Morgan fingerprint density at radius 3 is 2.70 bits per heavy atom. The predicted octanol–water partition coefficient (Wildman–Crippen LogP) is 2.63. The summed E-state index contributed by atoms with van der Waals surface area (Å²) in [7, 11) is 0. The summed E-state index contributed by atoms with van der Waals surface area (Å²) in [6.07, 6.45) is 0. The van der Waals surface area contributed by atoms with Crippen molar-refractivity contribution >= 4 is 16.8 Å². The largest absolute Gasteiger partial charge is 0.346 e. The molecule has 0 saturated carbocycles. The lowest BCUT2D eigenvalue weighted by molar-refractivity contribution is 0.0950. The number of carbonyl (C=O) groups excluding carboxylic acids is 1. The molecule has 5 heteroatoms. The molecule has 20 heavy (non-hydrogen) atoms. The van der Waals surface area contributed by atoms with Crippen LogP contribution in [0.15, 0.2) is 48.5 Å². The Balaban J connectivity index is 1.73. The number of hydrogen-bond acceptors (Lipinski definition) is 2. The fourth-order valence-corrected chi connectivity index (χ4v) is 2.02. The van der Waals surface area contributed by atoms with Crippen LogP contribution in [0.2, 0.25) is 0 Å². The number of H-pyrrole nitrogens is 1. The van der Waals surface area contributed by atoms with Crippen LogP contribution in [-0.4, -0.2) is 16.1 Å². The van der Waals surface area contributed by atoms with Gasteiger partial charge in [0.1, 0.15) is 5.82 Å². The second-order valence-corrected chi connectivity index (χ2v) is 4.41. The van der Waals surface area contributed by atoms with Crippen LogP contribution in [0, 0.1) is 5.82 Å². The van der Waals surface area contributed by atoms with Gasteiger partial charge in [-0.2, -0.15) is 5.10 Å². The molecule has 0 unspecified atom stereocenters. The zero-order valence-electron chi connectivity index (χ0n) is 10.6. The summed E-state index contributed by atoms with van der Waals surface area (Å²) in [5.41, 5.74) is 2.13. The molecule has 4 nitrogen and oxygen atoms in total. The van der Waals surface area contributed by atoms with E-state index in [9.17, 15) is 9.18 Å². The van der Waals surface area contributed by atoms with Crippen molar-refractivity contribution in [2.75, 3.05) is 0 Å². The summed E-state index contributed by atoms with van der Waals surface area (Å²) in [6.45, 7) is 0.344. The predicted molar refractivity (Wildman–Crippen MR) is 73.7 cm³/mol. The first kappa shape index (κ1) is 12.3. The van der Waals surface area contributed by atoms with Crippen LogP contribution in [0.3, 0.4) is 0 Å². The molecule has 3 aromatic rings. The number of carbonyl (C=O) groups is 1. The standard InChI is InChI=1S/C15H12FN3O/c16-11-7-5-10(6-8-11)15(20)17-9-14-12-3-1-2-4-13(12)18-19-14/h1-8H,9H2,(H,17,20)(H,18,19). The molecule has 1 aromatic heterocycles. The van der Waals surface area contributed by atoms with Crippen molar-refractivity contribution in [3.63, 3.8) is 0 Å². The van der Waals surface area contributed by atoms with Crippen LogP contribution in [0.1, 0.15) is 16.1 Å². The average Bonchev–Trinajstić information content (AvgIpc) is 2.89. The van der Waals surface area contributed by atoms with E-state index in [1.807, 2.05) is 24.3 Å². The molecule has 3 rings (SSSR count). The number of hydrogen-bond donors (Lipinski definition) is 2. The Labute approximate surface area is 114 Å². The molecule has 0 bridgehead atoms. The van der Waals surface area contributed by atoms with Gasteiger partial charge in [-0.15, -0.1) is 0 Å². The highest BCUT2D eigenvalue weighted by Gasteiger charge is 2.08. The van der Waals surface area contributed by atoms with Crippen LogP contribution in [0.5, 0.6) is 0 Å². The zero-order chi connectivity index (χ0) is 13.9. The molecule has 0 aliphatic rings. The van der Waals surface area contributed by atoms with Crippen molar-refractivity contribution in [3.05, 3.63) is 65.6 Å². The Morgan fingerprint density at radius 2 is 1.90 bits per heavy atom. The van der Waals surface area contributed by atoms with E-state index < -0.39 is 0 Å². The quantitative estimate of drug-likeness (QED) is 0.768. The average molecular weight is 269 g/mol. The normalized spacial score (nSPS) is 10.7. The second kappa shape index (κ2) is 5.13. The third-order valence-electron chi connectivity index (χ3n) is 3.07. The Bertz CT molecular complexity index is 749. The summed E-state index contributed by atoms with van der Waals surface area (Å²) in [5.74, 6) is -0.607. The minimum absolute atomic E-state index is 0.247. The third-order valence-corrected chi connectivity index (χ3v) is 3.07. The molecule has 2 N–H and O–H groups in total. The van der Waals surface area contributed by atoms with E-state index in [4.69, 9.17) is 0 Å². The maximum absolute atomic E-state index is 12.8. The van der Waals surface area contributed by atoms with E-state index in [0.29, 0.717) is 12.1 Å². The van der Waals surface area contributed by atoms with Crippen LogP contribution in [0.4, 0.5) is 4.39 Å². The van der Waals surface area contributed by atoms with E-state index in [1.165, 1.54) is 24.3 Å². The number of rotatable bonds is 3. The van der Waals surface area contributed by atoms with Gasteiger partial charge in [-0.05, 0) is 30.3 Å². The molecule has 100 valence electrons. The van der Waals surface area contributed by atoms with Gasteiger partial charge < -0.3 is 5.32 Å². The maximum Gasteiger partial charge on any atom is 0.251 e. The van der Waals surface area contributed by atoms with Gasteiger partial charge in [0.05, 0.1) is 17.8 Å². The highest BCUT2D eigenvalue weighted by molar-refractivity contribution is 5.94. The first-order valence-electron chi connectivity index (χ1n) is 6.20. The summed E-state index contributed by atoms with van der Waals surface area (Å²) < 4.78 is 12.8. The van der Waals surface area contributed by atoms with E-state index in [0.717, 1.165) is 16.6 Å². The molecule has 1 amide bonds. The van der Waals surface area contributed by atoms with Crippen LogP contribution < -0.4 is 5.32 Å². The van der Waals surface area contributed by atoms with Crippen molar-refractivity contribution in [3.8, 4) is 0 Å². The molecular weight excluding hydrogens is 257 g/mol. The van der Waals surface area contributed by atoms with Gasteiger partial charge in [-0.3, -0.25) is 9.89 Å². The maximum atomic E-state index is 12.8. The summed E-state index contributed by atoms with van der Waals surface area (Å²) in [5, 5.41) is 10.8. The summed E-state index contributed by atoms with van der Waals surface area (Å²) >= 11 is 0. The first-order valence-corrected chi connectivity index (χ1v) is 6.20. The number of aromatic amines is 1. The molecule has 0 aliphatic carbocycles. The van der Waals surface area contributed by atoms with Gasteiger partial charge >= 0.3 is 0 Å². The Hall–Kier alpha value is -2.69. The lowest BCUT2D eigenvalue weighted by Gasteiger charge is -2.04. The lowest BCUT2D eigenvalue weighted by Crippen LogP contribution is -2.23. The molecular formula is C15H12FN3O. The van der Waals surface area contributed by atoms with Gasteiger partial charge in [0, 0.05) is 10.9 Å². The van der Waals surface area contributed by atoms with Crippen LogP contribution in [-0.2, 0) is 6.54 Å². The number of nitrogens with zero attached hydrogens (tertiary/aromatic N) is 1. The van der Waals surface area contributed by atoms with Gasteiger partial charge in [-0.25, -0.2) is 4.39 Å². The van der Waals surface area contributed by atoms with Crippen molar-refractivity contribution in [2.45, 2.75) is 6.54 Å². The Kier molecular flexibility index (Phi) is 3.16. The minimum atomic E-state index is -0.360. The number of aromatic nitrogens is 2. The smallest absolute Gasteiger partial charge is 0.251 e. The van der Waals surface area contributed by atoms with Gasteiger partial charge in [-0.1, -0.05) is 18.2 Å². The molecule has 0 radical (unpaired) electrons. The fourth-order valence-electron chi connectivity index (χ4n) is 2.02. The molecule has 0 spiro atoms. The topological polar surface area (TPSA) is 57.8 Å². The number of halogens is 1. The van der Waals surface area contributed by atoms with Crippen LogP contribution >= 0.6 is 0 Å². The molecule has 1 heterocycles. The lowest BCUT2D eigenvalue weighted by atomic mass is 10.2. The highest BCUT2D eigenvalue weighted by atomic mass is 19.1. The molecule has 0 atom stereocenters. The summed E-state index contributed by atoms with van der Waals surface area (Å²) in [6, 6.07) is 13.1. The first-order chi connectivity index (χ1) is 9.74. The van der Waals surface area contributed by atoms with Crippen molar-refractivity contribution in [2.24, 2.45) is 0 Å². The number of amides is 1. The number of nitrogens with one attached hydrogen (secondary N) is 2. The minimum Gasteiger partial charge on any atom is -0.346 e. The van der Waals surface area contributed by atoms with Crippen molar-refractivity contribution < 1.29 is 9.18 Å². The van der Waals surface area contributed by atoms with E-state index >= 15 is 0 Å². The molecule has 2 aromatic carbocycles. The summed E-state index contributed by atoms with van der Waals surface area (Å²) in [4.78, 5) is 11.9. The Morgan fingerprint density at radius 1 is 1.15 bits per heavy atom. The van der Waals surface area contributed by atoms with Gasteiger partial charge in [0.2, 0.25) is 0 Å².